The van der Waals surface area contributed by atoms with Gasteiger partial charge in [0.2, 0.25) is 5.91 Å². The van der Waals surface area contributed by atoms with E-state index in [1.807, 2.05) is 13.8 Å². The Labute approximate surface area is 104 Å². The molecule has 0 fully saturated rings. The number of hydrogen-bond donors (Lipinski definition) is 1. The number of carboxylic acids is 1. The molecule has 0 aromatic heterocycles. The van der Waals surface area contributed by atoms with Crippen LogP contribution >= 0.6 is 0 Å². The molecule has 0 aromatic rings. The van der Waals surface area contributed by atoms with Gasteiger partial charge in [-0.05, 0) is 25.7 Å². The molecular weight excluding hydrogens is 218 g/mol. The summed E-state index contributed by atoms with van der Waals surface area (Å²) in [6.45, 7) is 10.4. The fourth-order valence-corrected chi connectivity index (χ4v) is 1.52. The Balaban J connectivity index is 4.39. The van der Waals surface area contributed by atoms with Crippen LogP contribution in [-0.2, 0) is 9.59 Å². The summed E-state index contributed by atoms with van der Waals surface area (Å²) in [7, 11) is 0. The molecule has 0 aliphatic heterocycles. The van der Waals surface area contributed by atoms with E-state index in [4.69, 9.17) is 5.11 Å². The van der Waals surface area contributed by atoms with Crippen molar-refractivity contribution in [3.63, 3.8) is 0 Å². The van der Waals surface area contributed by atoms with Crippen molar-refractivity contribution >= 4 is 11.9 Å². The molecular formula is C13H25NO3. The van der Waals surface area contributed by atoms with Gasteiger partial charge in [-0.1, -0.05) is 20.8 Å². The second-order valence-corrected chi connectivity index (χ2v) is 5.25. The molecule has 0 heterocycles. The zero-order valence-corrected chi connectivity index (χ0v) is 11.6. The second-order valence-electron chi connectivity index (χ2n) is 5.25. The molecule has 0 bridgehead atoms. The van der Waals surface area contributed by atoms with Crippen LogP contribution in [0.1, 0.15) is 47.5 Å². The summed E-state index contributed by atoms with van der Waals surface area (Å²) in [5.74, 6) is -0.0103. The Morgan fingerprint density at radius 2 is 1.65 bits per heavy atom. The van der Waals surface area contributed by atoms with Gasteiger partial charge in [-0.25, -0.2) is 0 Å². The fourth-order valence-electron chi connectivity index (χ4n) is 1.52. The molecule has 0 aromatic carbocycles. The number of rotatable bonds is 7. The first-order valence-electron chi connectivity index (χ1n) is 6.27. The topological polar surface area (TPSA) is 57.6 Å². The van der Waals surface area contributed by atoms with E-state index >= 15 is 0 Å². The fraction of sp³-hybridized carbons (Fsp3) is 0.846. The van der Waals surface area contributed by atoms with Gasteiger partial charge < -0.3 is 10.0 Å². The molecule has 0 aliphatic rings. The number of nitrogens with zero attached hydrogens (tertiary/aromatic N) is 1. The van der Waals surface area contributed by atoms with Gasteiger partial charge in [0.15, 0.2) is 0 Å². The summed E-state index contributed by atoms with van der Waals surface area (Å²) in [5, 5.41) is 8.66. The Bertz CT molecular complexity index is 261. The molecule has 0 saturated heterocycles. The molecule has 4 nitrogen and oxygen atoms in total. The third kappa shape index (κ3) is 6.29. The van der Waals surface area contributed by atoms with Crippen LogP contribution in [0, 0.1) is 11.8 Å². The molecule has 17 heavy (non-hydrogen) atoms. The molecule has 0 aliphatic carbocycles. The van der Waals surface area contributed by atoms with E-state index in [2.05, 4.69) is 20.8 Å². The maximum Gasteiger partial charge on any atom is 0.305 e. The van der Waals surface area contributed by atoms with Gasteiger partial charge in [-0.3, -0.25) is 9.59 Å². The largest absolute Gasteiger partial charge is 0.481 e. The van der Waals surface area contributed by atoms with E-state index in [-0.39, 0.29) is 18.4 Å². The normalized spacial score (nSPS) is 12.9. The second kappa shape index (κ2) is 7.30. The minimum Gasteiger partial charge on any atom is -0.481 e. The predicted molar refractivity (Wildman–Crippen MR) is 67.7 cm³/mol. The zero-order valence-electron chi connectivity index (χ0n) is 11.6. The summed E-state index contributed by atoms with van der Waals surface area (Å²) < 4.78 is 0. The highest BCUT2D eigenvalue weighted by atomic mass is 16.4. The first-order valence-corrected chi connectivity index (χ1v) is 6.27. The lowest BCUT2D eigenvalue weighted by Crippen LogP contribution is -2.39. The van der Waals surface area contributed by atoms with Gasteiger partial charge in [0, 0.05) is 19.0 Å². The van der Waals surface area contributed by atoms with E-state index in [9.17, 15) is 9.59 Å². The Hall–Kier alpha value is -1.06. The number of carboxylic acid groups (broad SMARTS) is 1. The molecule has 1 N–H and O–H groups in total. The molecule has 0 saturated carbocycles. The predicted octanol–water partition coefficient (Wildman–Crippen LogP) is 2.38. The van der Waals surface area contributed by atoms with Crippen LogP contribution in [0.4, 0.5) is 0 Å². The van der Waals surface area contributed by atoms with Crippen molar-refractivity contribution in [3.05, 3.63) is 0 Å². The molecule has 1 atom stereocenters. The zero-order chi connectivity index (χ0) is 13.6. The van der Waals surface area contributed by atoms with Gasteiger partial charge in [0.25, 0.3) is 0 Å². The smallest absolute Gasteiger partial charge is 0.305 e. The minimum absolute atomic E-state index is 0.0139. The molecule has 0 spiro atoms. The lowest BCUT2D eigenvalue weighted by Gasteiger charge is -2.28. The quantitative estimate of drug-likeness (QED) is 0.747. The van der Waals surface area contributed by atoms with Crippen molar-refractivity contribution < 1.29 is 14.7 Å². The summed E-state index contributed by atoms with van der Waals surface area (Å²) in [6.07, 6.45) is 0.509. The number of carbonyl (C=O) groups excluding carboxylic acids is 1. The molecule has 0 radical (unpaired) electrons. The third-order valence-corrected chi connectivity index (χ3v) is 3.14. The average molecular weight is 243 g/mol. The maximum atomic E-state index is 12.0. The van der Waals surface area contributed by atoms with Crippen molar-refractivity contribution in [1.29, 1.82) is 0 Å². The van der Waals surface area contributed by atoms with Crippen LogP contribution in [0.2, 0.25) is 0 Å². The van der Waals surface area contributed by atoms with E-state index in [0.29, 0.717) is 24.8 Å². The van der Waals surface area contributed by atoms with Crippen molar-refractivity contribution in [2.75, 3.05) is 6.54 Å². The van der Waals surface area contributed by atoms with Crippen LogP contribution in [-0.4, -0.2) is 34.5 Å². The summed E-state index contributed by atoms with van der Waals surface area (Å²) >= 11 is 0. The van der Waals surface area contributed by atoms with Crippen molar-refractivity contribution in [2.24, 2.45) is 11.8 Å². The highest BCUT2D eigenvalue weighted by Gasteiger charge is 2.21. The first kappa shape index (κ1) is 15.9. The molecule has 100 valence electrons. The van der Waals surface area contributed by atoms with E-state index in [0.717, 1.165) is 0 Å². The molecule has 0 rings (SSSR count). The van der Waals surface area contributed by atoms with Gasteiger partial charge in [-0.2, -0.15) is 0 Å². The Morgan fingerprint density at radius 3 is 2.00 bits per heavy atom. The highest BCUT2D eigenvalue weighted by Crippen LogP contribution is 2.16. The minimum atomic E-state index is -0.861. The van der Waals surface area contributed by atoms with Crippen LogP contribution < -0.4 is 0 Å². The van der Waals surface area contributed by atoms with Crippen LogP contribution in [0.3, 0.4) is 0 Å². The molecule has 1 amide bonds. The summed E-state index contributed by atoms with van der Waals surface area (Å²) in [5.41, 5.74) is 0. The third-order valence-electron chi connectivity index (χ3n) is 3.14. The number of hydrogen-bond acceptors (Lipinski definition) is 2. The van der Waals surface area contributed by atoms with Crippen molar-refractivity contribution in [2.45, 2.75) is 53.5 Å². The van der Waals surface area contributed by atoms with Gasteiger partial charge in [-0.15, -0.1) is 0 Å². The van der Waals surface area contributed by atoms with Crippen LogP contribution in [0.5, 0.6) is 0 Å². The molecule has 4 heteroatoms. The lowest BCUT2D eigenvalue weighted by molar-refractivity contribution is -0.139. The average Bonchev–Trinajstić information content (AvgIpc) is 2.16. The standard InChI is InChI=1S/C13H25NO3/c1-9(2)11(5)8-12(15)14(10(3)4)7-6-13(16)17/h9-11H,6-8H2,1-5H3,(H,16,17). The SMILES string of the molecule is CC(C)C(C)CC(=O)N(CCC(=O)O)C(C)C. The van der Waals surface area contributed by atoms with Crippen molar-refractivity contribution in [3.8, 4) is 0 Å². The number of amides is 1. The number of aliphatic carboxylic acids is 1. The Morgan fingerprint density at radius 1 is 1.12 bits per heavy atom. The Kier molecular flexibility index (Phi) is 6.85. The lowest BCUT2D eigenvalue weighted by atomic mass is 9.94. The monoisotopic (exact) mass is 243 g/mol. The molecule has 1 unspecified atom stereocenters. The highest BCUT2D eigenvalue weighted by molar-refractivity contribution is 5.77. The van der Waals surface area contributed by atoms with E-state index < -0.39 is 5.97 Å². The summed E-state index contributed by atoms with van der Waals surface area (Å²) in [4.78, 5) is 24.2. The van der Waals surface area contributed by atoms with Crippen molar-refractivity contribution in [1.82, 2.24) is 4.90 Å². The summed E-state index contributed by atoms with van der Waals surface area (Å²) in [6, 6.07) is 0.0567. The van der Waals surface area contributed by atoms with Crippen LogP contribution in [0.15, 0.2) is 0 Å². The number of carbonyl (C=O) groups is 2. The van der Waals surface area contributed by atoms with Crippen LogP contribution in [0.25, 0.3) is 0 Å². The van der Waals surface area contributed by atoms with Gasteiger partial charge in [0.1, 0.15) is 0 Å². The van der Waals surface area contributed by atoms with Gasteiger partial charge >= 0.3 is 5.97 Å². The van der Waals surface area contributed by atoms with E-state index in [1.54, 1.807) is 4.90 Å². The van der Waals surface area contributed by atoms with Gasteiger partial charge in [0.05, 0.1) is 6.42 Å². The van der Waals surface area contributed by atoms with E-state index in [1.165, 1.54) is 0 Å². The maximum absolute atomic E-state index is 12.0. The first-order chi connectivity index (χ1) is 7.75.